The van der Waals surface area contributed by atoms with Crippen molar-refractivity contribution in [2.24, 2.45) is 47.3 Å². The standard InChI is InChI=1S/C49H92O4/c1-36(2)20-13-21-37(3)22-14-23-38(4)24-15-25-39(5)26-16-27-40(6)28-17-29-41(7)30-18-31-42(8)32-19-33-43(9)34-35-45-44(10)46(50)48(52-11)49(53-12)47(45)51/h36-43,50-51H,13-35H2,1-12H3/t37?,38?,39?,40?,41-,42?,43-/m1/s1. The maximum absolute atomic E-state index is 10.8. The van der Waals surface area contributed by atoms with Crippen LogP contribution in [0.1, 0.15) is 215 Å². The first-order valence-corrected chi connectivity index (χ1v) is 22.8. The Kier molecular flexibility index (Phi) is 26.8. The summed E-state index contributed by atoms with van der Waals surface area (Å²) >= 11 is 0. The van der Waals surface area contributed by atoms with Gasteiger partial charge in [0.1, 0.15) is 0 Å². The van der Waals surface area contributed by atoms with Gasteiger partial charge in [-0.05, 0) is 67.1 Å². The summed E-state index contributed by atoms with van der Waals surface area (Å²) in [6, 6.07) is 0. The van der Waals surface area contributed by atoms with E-state index < -0.39 is 0 Å². The first kappa shape index (κ1) is 49.4. The minimum Gasteiger partial charge on any atom is -0.504 e. The Hall–Kier alpha value is -1.58. The number of phenols is 2. The van der Waals surface area contributed by atoms with Crippen LogP contribution in [0, 0.1) is 54.3 Å². The predicted molar refractivity (Wildman–Crippen MR) is 232 cm³/mol. The lowest BCUT2D eigenvalue weighted by atomic mass is 9.88. The van der Waals surface area contributed by atoms with Crippen LogP contribution < -0.4 is 9.47 Å². The van der Waals surface area contributed by atoms with Crippen molar-refractivity contribution in [3.63, 3.8) is 0 Å². The molecule has 53 heavy (non-hydrogen) atoms. The minimum atomic E-state index is 0.0576. The van der Waals surface area contributed by atoms with Crippen molar-refractivity contribution in [2.75, 3.05) is 14.2 Å². The smallest absolute Gasteiger partial charge is 0.207 e. The molecule has 4 nitrogen and oxygen atoms in total. The van der Waals surface area contributed by atoms with Crippen molar-refractivity contribution in [3.8, 4) is 23.0 Å². The van der Waals surface area contributed by atoms with Crippen molar-refractivity contribution in [1.29, 1.82) is 0 Å². The average Bonchev–Trinajstić information content (AvgIpc) is 3.09. The summed E-state index contributed by atoms with van der Waals surface area (Å²) in [4.78, 5) is 0. The van der Waals surface area contributed by atoms with E-state index in [4.69, 9.17) is 9.47 Å². The molecule has 4 heteroatoms. The van der Waals surface area contributed by atoms with Gasteiger partial charge >= 0.3 is 0 Å². The van der Waals surface area contributed by atoms with Crippen molar-refractivity contribution in [2.45, 2.75) is 217 Å². The molecule has 0 heterocycles. The third kappa shape index (κ3) is 21.9. The maximum Gasteiger partial charge on any atom is 0.207 e. The van der Waals surface area contributed by atoms with Crippen LogP contribution in [0.2, 0.25) is 0 Å². The molecule has 0 aliphatic heterocycles. The van der Waals surface area contributed by atoms with Crippen molar-refractivity contribution < 1.29 is 19.7 Å². The van der Waals surface area contributed by atoms with E-state index in [2.05, 4.69) is 62.3 Å². The van der Waals surface area contributed by atoms with Crippen molar-refractivity contribution >= 4 is 0 Å². The molecule has 2 N–H and O–H groups in total. The Balaban J connectivity index is 2.09. The molecule has 0 aromatic heterocycles. The van der Waals surface area contributed by atoms with E-state index in [0.29, 0.717) is 11.5 Å². The molecule has 0 radical (unpaired) electrons. The van der Waals surface area contributed by atoms with Crippen molar-refractivity contribution in [3.05, 3.63) is 11.1 Å². The Labute approximate surface area is 331 Å². The second kappa shape index (κ2) is 28.8. The van der Waals surface area contributed by atoms with Crippen LogP contribution in [0.15, 0.2) is 0 Å². The number of hydrogen-bond acceptors (Lipinski definition) is 4. The van der Waals surface area contributed by atoms with Gasteiger partial charge in [0.2, 0.25) is 11.5 Å². The second-order valence-corrected chi connectivity index (χ2v) is 19.1. The van der Waals surface area contributed by atoms with E-state index in [9.17, 15) is 10.2 Å². The van der Waals surface area contributed by atoms with Crippen LogP contribution in [0.3, 0.4) is 0 Å². The Bertz CT molecular complexity index is 1050. The van der Waals surface area contributed by atoms with E-state index in [1.54, 1.807) is 0 Å². The molecule has 7 atom stereocenters. The van der Waals surface area contributed by atoms with Gasteiger partial charge in [-0.15, -0.1) is 0 Å². The molecule has 0 aliphatic carbocycles. The molecule has 0 bridgehead atoms. The number of aromatic hydroxyl groups is 2. The minimum absolute atomic E-state index is 0.0576. The van der Waals surface area contributed by atoms with Gasteiger partial charge in [-0.1, -0.05) is 197 Å². The van der Waals surface area contributed by atoms with E-state index in [0.717, 1.165) is 59.8 Å². The molecule has 5 unspecified atom stereocenters. The molecule has 0 amide bonds. The number of methoxy groups -OCH3 is 2. The van der Waals surface area contributed by atoms with Gasteiger partial charge in [0.15, 0.2) is 11.5 Å². The van der Waals surface area contributed by atoms with Crippen LogP contribution in [0.25, 0.3) is 0 Å². The summed E-state index contributed by atoms with van der Waals surface area (Å²) in [5, 5.41) is 21.3. The molecule has 0 saturated carbocycles. The van der Waals surface area contributed by atoms with Gasteiger partial charge in [-0.25, -0.2) is 0 Å². The monoisotopic (exact) mass is 745 g/mol. The fourth-order valence-electron chi connectivity index (χ4n) is 8.69. The highest BCUT2D eigenvalue weighted by molar-refractivity contribution is 5.65. The van der Waals surface area contributed by atoms with Crippen LogP contribution in [0.4, 0.5) is 0 Å². The molecular formula is C49H92O4. The van der Waals surface area contributed by atoms with E-state index >= 15 is 0 Å². The molecule has 1 aromatic rings. The molecule has 0 spiro atoms. The Morgan fingerprint density at radius 3 is 0.887 bits per heavy atom. The number of rotatable bonds is 33. The topological polar surface area (TPSA) is 58.9 Å². The number of ether oxygens (including phenoxy) is 2. The normalized spacial score (nSPS) is 15.9. The van der Waals surface area contributed by atoms with E-state index in [1.165, 1.54) is 149 Å². The lowest BCUT2D eigenvalue weighted by Crippen LogP contribution is -2.04. The van der Waals surface area contributed by atoms with Gasteiger partial charge < -0.3 is 19.7 Å². The van der Waals surface area contributed by atoms with Gasteiger partial charge in [0.05, 0.1) is 14.2 Å². The van der Waals surface area contributed by atoms with Crippen LogP contribution in [-0.2, 0) is 6.42 Å². The third-order valence-electron chi connectivity index (χ3n) is 12.9. The summed E-state index contributed by atoms with van der Waals surface area (Å²) in [7, 11) is 2.97. The van der Waals surface area contributed by atoms with Gasteiger partial charge in [0, 0.05) is 11.1 Å². The van der Waals surface area contributed by atoms with Crippen LogP contribution in [-0.4, -0.2) is 24.4 Å². The maximum atomic E-state index is 10.8. The van der Waals surface area contributed by atoms with E-state index in [-0.39, 0.29) is 23.0 Å². The summed E-state index contributed by atoms with van der Waals surface area (Å²) in [6.07, 6.45) is 30.9. The second-order valence-electron chi connectivity index (χ2n) is 19.1. The summed E-state index contributed by atoms with van der Waals surface area (Å²) in [5.41, 5.74) is 1.44. The third-order valence-corrected chi connectivity index (χ3v) is 12.9. The summed E-state index contributed by atoms with van der Waals surface area (Å²) in [6.45, 7) is 23.7. The first-order valence-electron chi connectivity index (χ1n) is 22.8. The molecule has 1 rings (SSSR count). The number of benzene rings is 1. The lowest BCUT2D eigenvalue weighted by Gasteiger charge is -2.19. The highest BCUT2D eigenvalue weighted by Crippen LogP contribution is 2.48. The van der Waals surface area contributed by atoms with Crippen molar-refractivity contribution in [1.82, 2.24) is 0 Å². The Morgan fingerprint density at radius 1 is 0.377 bits per heavy atom. The highest BCUT2D eigenvalue weighted by atomic mass is 16.5. The van der Waals surface area contributed by atoms with Gasteiger partial charge in [0.25, 0.3) is 0 Å². The molecule has 312 valence electrons. The number of phenolic OH excluding ortho intramolecular Hbond substituents is 2. The van der Waals surface area contributed by atoms with Gasteiger partial charge in [-0.2, -0.15) is 0 Å². The van der Waals surface area contributed by atoms with Crippen LogP contribution in [0.5, 0.6) is 23.0 Å². The molecular weight excluding hydrogens is 653 g/mol. The molecule has 0 fully saturated rings. The SMILES string of the molecule is COc1c(O)c(C)c(CC[C@H](C)CCCC(C)CCC[C@H](C)CCCC(C)CCCC(C)CCCC(C)CCCC(C)CCCC(C)C)c(O)c1OC. The summed E-state index contributed by atoms with van der Waals surface area (Å²) < 4.78 is 10.6. The zero-order valence-electron chi connectivity index (χ0n) is 37.6. The highest BCUT2D eigenvalue weighted by Gasteiger charge is 2.23. The average molecular weight is 745 g/mol. The fourth-order valence-corrected chi connectivity index (χ4v) is 8.69. The summed E-state index contributed by atoms with van der Waals surface area (Å²) in [5.74, 6) is 7.24. The fraction of sp³-hybridized carbons (Fsp3) is 0.878. The quantitative estimate of drug-likeness (QED) is 0.0704. The van der Waals surface area contributed by atoms with Gasteiger partial charge in [-0.3, -0.25) is 0 Å². The zero-order chi connectivity index (χ0) is 39.8. The largest absolute Gasteiger partial charge is 0.504 e. The molecule has 0 saturated heterocycles. The first-order chi connectivity index (χ1) is 25.2. The Morgan fingerprint density at radius 2 is 0.623 bits per heavy atom. The predicted octanol–water partition coefficient (Wildman–Crippen LogP) is 15.7. The van der Waals surface area contributed by atoms with Crippen LogP contribution >= 0.6 is 0 Å². The lowest BCUT2D eigenvalue weighted by molar-refractivity contribution is 0.313. The molecule has 1 aromatic carbocycles. The zero-order valence-corrected chi connectivity index (χ0v) is 37.6. The molecule has 0 aliphatic rings. The van der Waals surface area contributed by atoms with E-state index in [1.807, 2.05) is 6.92 Å². The number of hydrogen-bond donors (Lipinski definition) is 2.